The second kappa shape index (κ2) is 7.88. The molecule has 0 fully saturated rings. The van der Waals surface area contributed by atoms with Gasteiger partial charge in [-0.2, -0.15) is 10.4 Å². The molecule has 1 heterocycles. The number of rotatable bonds is 6. The van der Waals surface area contributed by atoms with Crippen molar-refractivity contribution in [3.05, 3.63) is 71.0 Å². The summed E-state index contributed by atoms with van der Waals surface area (Å²) >= 11 is 0. The molecule has 0 bridgehead atoms. The number of hydrogen-bond acceptors (Lipinski definition) is 6. The van der Waals surface area contributed by atoms with Crippen LogP contribution >= 0.6 is 0 Å². The summed E-state index contributed by atoms with van der Waals surface area (Å²) in [6.07, 6.45) is 1.41. The van der Waals surface area contributed by atoms with Gasteiger partial charge < -0.3 is 0 Å². The van der Waals surface area contributed by atoms with Crippen LogP contribution in [0.4, 0.5) is 11.4 Å². The summed E-state index contributed by atoms with van der Waals surface area (Å²) in [5, 5.41) is 24.0. The molecule has 2 aromatic carbocycles. The van der Waals surface area contributed by atoms with Gasteiger partial charge in [0.1, 0.15) is 19.4 Å². The highest BCUT2D eigenvalue weighted by Crippen LogP contribution is 2.19. The summed E-state index contributed by atoms with van der Waals surface area (Å²) in [5.74, 6) is 0.0483. The van der Waals surface area contributed by atoms with Gasteiger partial charge in [-0.3, -0.25) is 19.8 Å². The summed E-state index contributed by atoms with van der Waals surface area (Å²) in [7, 11) is 0. The third kappa shape index (κ3) is 4.13. The summed E-state index contributed by atoms with van der Waals surface area (Å²) in [6, 6.07) is 16.7. The van der Waals surface area contributed by atoms with Gasteiger partial charge >= 0.3 is 0 Å². The monoisotopic (exact) mass is 362 g/mol. The van der Waals surface area contributed by atoms with Gasteiger partial charge in [0.15, 0.2) is 5.82 Å². The standard InChI is InChI=1S/C18H14N6O3/c19-10-11-23(15-4-2-1-3-5-15)17(25)12-22-13-20-18(21-22)14-6-8-16(9-7-14)24(26)27/h1-9,13H,11-12H2. The molecule has 134 valence electrons. The number of non-ortho nitro benzene ring substituents is 1. The molecule has 0 spiro atoms. The lowest BCUT2D eigenvalue weighted by molar-refractivity contribution is -0.384. The molecule has 0 unspecified atom stereocenters. The van der Waals surface area contributed by atoms with E-state index in [9.17, 15) is 14.9 Å². The largest absolute Gasteiger partial charge is 0.297 e. The Morgan fingerprint density at radius 3 is 2.52 bits per heavy atom. The number of nitrogens with zero attached hydrogens (tertiary/aromatic N) is 6. The molecular weight excluding hydrogens is 348 g/mol. The molecule has 3 aromatic rings. The predicted octanol–water partition coefficient (Wildman–Crippen LogP) is 2.41. The molecular formula is C18H14N6O3. The molecule has 0 aliphatic carbocycles. The zero-order valence-electron chi connectivity index (χ0n) is 14.1. The van der Waals surface area contributed by atoms with Crippen molar-refractivity contribution >= 4 is 17.3 Å². The molecule has 0 aliphatic heterocycles. The number of nitriles is 1. The van der Waals surface area contributed by atoms with Crippen LogP contribution in [0, 0.1) is 21.4 Å². The first kappa shape index (κ1) is 17.8. The normalized spacial score (nSPS) is 10.2. The fourth-order valence-corrected chi connectivity index (χ4v) is 2.46. The molecule has 1 aromatic heterocycles. The number of nitro benzene ring substituents is 1. The van der Waals surface area contributed by atoms with E-state index in [0.29, 0.717) is 17.1 Å². The Hall–Kier alpha value is -4.06. The molecule has 3 rings (SSSR count). The Balaban J connectivity index is 1.75. The Kier molecular flexibility index (Phi) is 5.18. The van der Waals surface area contributed by atoms with E-state index in [1.54, 1.807) is 36.4 Å². The van der Waals surface area contributed by atoms with E-state index in [1.165, 1.54) is 28.0 Å². The van der Waals surface area contributed by atoms with Crippen LogP contribution in [0.15, 0.2) is 60.9 Å². The average molecular weight is 362 g/mol. The minimum Gasteiger partial charge on any atom is -0.297 e. The molecule has 0 saturated heterocycles. The Labute approximate surface area is 154 Å². The van der Waals surface area contributed by atoms with Crippen molar-refractivity contribution in [2.24, 2.45) is 0 Å². The second-order valence-corrected chi connectivity index (χ2v) is 5.54. The number of anilines is 1. The maximum atomic E-state index is 12.6. The van der Waals surface area contributed by atoms with Crippen molar-refractivity contribution < 1.29 is 9.72 Å². The van der Waals surface area contributed by atoms with Gasteiger partial charge in [-0.05, 0) is 24.3 Å². The molecule has 27 heavy (non-hydrogen) atoms. The maximum absolute atomic E-state index is 12.6. The van der Waals surface area contributed by atoms with Crippen molar-refractivity contribution in [2.75, 3.05) is 11.4 Å². The van der Waals surface area contributed by atoms with Crippen molar-refractivity contribution in [3.63, 3.8) is 0 Å². The van der Waals surface area contributed by atoms with Gasteiger partial charge in [0, 0.05) is 23.4 Å². The number of hydrogen-bond donors (Lipinski definition) is 0. The van der Waals surface area contributed by atoms with Crippen LogP contribution in [0.25, 0.3) is 11.4 Å². The van der Waals surface area contributed by atoms with Gasteiger partial charge in [-0.1, -0.05) is 18.2 Å². The lowest BCUT2D eigenvalue weighted by Crippen LogP contribution is -2.34. The average Bonchev–Trinajstić information content (AvgIpc) is 3.15. The van der Waals surface area contributed by atoms with Crippen molar-refractivity contribution in [3.8, 4) is 17.5 Å². The van der Waals surface area contributed by atoms with Crippen LogP contribution in [0.1, 0.15) is 0 Å². The number of para-hydroxylation sites is 1. The predicted molar refractivity (Wildman–Crippen MR) is 96.5 cm³/mol. The van der Waals surface area contributed by atoms with E-state index < -0.39 is 4.92 Å². The molecule has 9 heteroatoms. The number of carbonyl (C=O) groups is 1. The van der Waals surface area contributed by atoms with E-state index >= 15 is 0 Å². The molecule has 0 N–H and O–H groups in total. The minimum absolute atomic E-state index is 0.0247. The number of carbonyl (C=O) groups excluding carboxylic acids is 1. The second-order valence-electron chi connectivity index (χ2n) is 5.54. The van der Waals surface area contributed by atoms with Gasteiger partial charge in [-0.15, -0.1) is 0 Å². The fraction of sp³-hybridized carbons (Fsp3) is 0.111. The highest BCUT2D eigenvalue weighted by molar-refractivity contribution is 5.93. The van der Waals surface area contributed by atoms with Gasteiger partial charge in [0.05, 0.1) is 11.0 Å². The van der Waals surface area contributed by atoms with Crippen molar-refractivity contribution in [1.29, 1.82) is 5.26 Å². The molecule has 0 saturated carbocycles. The van der Waals surface area contributed by atoms with Crippen LogP contribution < -0.4 is 4.90 Å². The topological polar surface area (TPSA) is 118 Å². The smallest absolute Gasteiger partial charge is 0.269 e. The van der Waals surface area contributed by atoms with E-state index in [2.05, 4.69) is 10.1 Å². The molecule has 9 nitrogen and oxygen atoms in total. The third-order valence-corrected chi connectivity index (χ3v) is 3.77. The van der Waals surface area contributed by atoms with Crippen LogP contribution in [-0.4, -0.2) is 32.1 Å². The third-order valence-electron chi connectivity index (χ3n) is 3.77. The molecule has 1 amide bonds. The van der Waals surface area contributed by atoms with Gasteiger partial charge in [-0.25, -0.2) is 9.67 Å². The number of nitro groups is 1. The summed E-state index contributed by atoms with van der Waals surface area (Å²) < 4.78 is 1.37. The first-order valence-electron chi connectivity index (χ1n) is 7.95. The van der Waals surface area contributed by atoms with Crippen LogP contribution in [-0.2, 0) is 11.3 Å². The number of aromatic nitrogens is 3. The quantitative estimate of drug-likeness (QED) is 0.377. The first-order valence-corrected chi connectivity index (χ1v) is 7.95. The zero-order chi connectivity index (χ0) is 19.2. The van der Waals surface area contributed by atoms with E-state index in [0.717, 1.165) is 0 Å². The van der Waals surface area contributed by atoms with E-state index in [-0.39, 0.29) is 24.7 Å². The zero-order valence-corrected chi connectivity index (χ0v) is 14.1. The first-order chi connectivity index (χ1) is 13.1. The fourth-order valence-electron chi connectivity index (χ4n) is 2.46. The van der Waals surface area contributed by atoms with Crippen LogP contribution in [0.2, 0.25) is 0 Å². The van der Waals surface area contributed by atoms with Crippen molar-refractivity contribution in [2.45, 2.75) is 6.54 Å². The van der Waals surface area contributed by atoms with Crippen LogP contribution in [0.3, 0.4) is 0 Å². The molecule has 0 radical (unpaired) electrons. The Morgan fingerprint density at radius 1 is 1.19 bits per heavy atom. The highest BCUT2D eigenvalue weighted by Gasteiger charge is 2.17. The lowest BCUT2D eigenvalue weighted by atomic mass is 10.2. The SMILES string of the molecule is N#CCN(C(=O)Cn1cnc(-c2ccc([N+](=O)[O-])cc2)n1)c1ccccc1. The summed E-state index contributed by atoms with van der Waals surface area (Å²) in [4.78, 5) is 28.3. The summed E-state index contributed by atoms with van der Waals surface area (Å²) in [6.45, 7) is -0.163. The Bertz CT molecular complexity index is 992. The summed E-state index contributed by atoms with van der Waals surface area (Å²) in [5.41, 5.74) is 1.20. The lowest BCUT2D eigenvalue weighted by Gasteiger charge is -2.19. The van der Waals surface area contributed by atoms with Crippen molar-refractivity contribution in [1.82, 2.24) is 14.8 Å². The number of benzene rings is 2. The van der Waals surface area contributed by atoms with E-state index in [1.807, 2.05) is 12.1 Å². The molecule has 0 atom stereocenters. The Morgan fingerprint density at radius 2 is 1.89 bits per heavy atom. The van der Waals surface area contributed by atoms with E-state index in [4.69, 9.17) is 5.26 Å². The maximum Gasteiger partial charge on any atom is 0.269 e. The van der Waals surface area contributed by atoms with Gasteiger partial charge in [0.25, 0.3) is 5.69 Å². The molecule has 0 aliphatic rings. The van der Waals surface area contributed by atoms with Crippen LogP contribution in [0.5, 0.6) is 0 Å². The van der Waals surface area contributed by atoms with Gasteiger partial charge in [0.2, 0.25) is 5.91 Å². The minimum atomic E-state index is -0.484. The number of amides is 1. The highest BCUT2D eigenvalue weighted by atomic mass is 16.6.